The number of fused-ring (bicyclic) bond motifs is 1. The number of phenolic OH excluding ortho intramolecular Hbond substituents is 1. The number of hydrogen-bond donors (Lipinski definition) is 2. The summed E-state index contributed by atoms with van der Waals surface area (Å²) in [5.41, 5.74) is 1.06. The third kappa shape index (κ3) is 2.82. The lowest BCUT2D eigenvalue weighted by Gasteiger charge is -2.32. The van der Waals surface area contributed by atoms with E-state index in [1.807, 2.05) is 6.92 Å². The number of halogens is 1. The summed E-state index contributed by atoms with van der Waals surface area (Å²) in [6.45, 7) is 2.93. The summed E-state index contributed by atoms with van der Waals surface area (Å²) in [6.07, 6.45) is 3.74. The van der Waals surface area contributed by atoms with E-state index in [1.165, 1.54) is 12.1 Å². The van der Waals surface area contributed by atoms with Crippen molar-refractivity contribution >= 4 is 5.91 Å². The van der Waals surface area contributed by atoms with E-state index in [9.17, 15) is 19.4 Å². The molecule has 0 aromatic heterocycles. The van der Waals surface area contributed by atoms with Gasteiger partial charge < -0.3 is 15.1 Å². The van der Waals surface area contributed by atoms with Crippen LogP contribution in [0.3, 0.4) is 0 Å². The minimum Gasteiger partial charge on any atom is -0.505 e. The Hall–Kier alpha value is -1.62. The molecule has 1 aliphatic heterocycles. The zero-order valence-corrected chi connectivity index (χ0v) is 12.8. The van der Waals surface area contributed by atoms with E-state index >= 15 is 0 Å². The quantitative estimate of drug-likeness (QED) is 0.902. The largest absolute Gasteiger partial charge is 0.505 e. The second kappa shape index (κ2) is 5.88. The van der Waals surface area contributed by atoms with Crippen LogP contribution >= 0.6 is 0 Å². The van der Waals surface area contributed by atoms with E-state index in [1.54, 1.807) is 4.90 Å². The Bertz CT molecular complexity index is 580. The molecule has 2 N–H and O–H groups in total. The van der Waals surface area contributed by atoms with Crippen molar-refractivity contribution in [3.05, 3.63) is 29.1 Å². The van der Waals surface area contributed by atoms with Gasteiger partial charge in [-0.15, -0.1) is 0 Å². The molecule has 0 bridgehead atoms. The summed E-state index contributed by atoms with van der Waals surface area (Å²) in [5, 5.41) is 19.1. The molecule has 1 aromatic carbocycles. The van der Waals surface area contributed by atoms with Gasteiger partial charge in [0, 0.05) is 18.7 Å². The van der Waals surface area contributed by atoms with Gasteiger partial charge in [-0.3, -0.25) is 4.79 Å². The standard InChI is InChI=1S/C17H22FNO3/c1-10(20)12-4-2-11(3-5-12)8-19-9-13-6-15(18)16(21)7-14(13)17(19)22/h6-7,10-12,20-21H,2-5,8-9H2,1H3/t10?,11-,12-. The van der Waals surface area contributed by atoms with E-state index in [0.717, 1.165) is 25.7 Å². The molecule has 1 atom stereocenters. The van der Waals surface area contributed by atoms with Crippen molar-refractivity contribution < 1.29 is 19.4 Å². The number of aromatic hydroxyl groups is 1. The van der Waals surface area contributed by atoms with Gasteiger partial charge >= 0.3 is 0 Å². The zero-order chi connectivity index (χ0) is 15.9. The van der Waals surface area contributed by atoms with Gasteiger partial charge in [0.2, 0.25) is 0 Å². The van der Waals surface area contributed by atoms with Gasteiger partial charge in [0.15, 0.2) is 11.6 Å². The molecule has 1 amide bonds. The Labute approximate surface area is 129 Å². The van der Waals surface area contributed by atoms with Crippen LogP contribution in [0.2, 0.25) is 0 Å². The Morgan fingerprint density at radius 2 is 2.00 bits per heavy atom. The smallest absolute Gasteiger partial charge is 0.254 e. The first-order valence-corrected chi connectivity index (χ1v) is 7.94. The van der Waals surface area contributed by atoms with Gasteiger partial charge in [-0.05, 0) is 62.1 Å². The molecule has 1 saturated carbocycles. The van der Waals surface area contributed by atoms with Crippen LogP contribution in [0.15, 0.2) is 12.1 Å². The maximum Gasteiger partial charge on any atom is 0.254 e. The minimum atomic E-state index is -0.675. The summed E-state index contributed by atoms with van der Waals surface area (Å²) >= 11 is 0. The highest BCUT2D eigenvalue weighted by Gasteiger charge is 2.32. The van der Waals surface area contributed by atoms with E-state index in [2.05, 4.69) is 0 Å². The first kappa shape index (κ1) is 15.3. The molecular weight excluding hydrogens is 285 g/mol. The maximum absolute atomic E-state index is 13.4. The number of aliphatic hydroxyl groups is 1. The van der Waals surface area contributed by atoms with Crippen molar-refractivity contribution in [2.24, 2.45) is 11.8 Å². The lowest BCUT2D eigenvalue weighted by molar-refractivity contribution is 0.0647. The molecule has 5 heteroatoms. The molecule has 0 radical (unpaired) electrons. The molecule has 22 heavy (non-hydrogen) atoms. The first-order chi connectivity index (χ1) is 10.5. The van der Waals surface area contributed by atoms with Gasteiger partial charge in [0.05, 0.1) is 6.10 Å². The SMILES string of the molecule is CC(O)[C@H]1CC[C@H](CN2Cc3cc(F)c(O)cc3C2=O)CC1. The number of aliphatic hydroxyl groups excluding tert-OH is 1. The van der Waals surface area contributed by atoms with Crippen molar-refractivity contribution in [3.63, 3.8) is 0 Å². The average Bonchev–Trinajstić information content (AvgIpc) is 2.77. The number of carbonyl (C=O) groups is 1. The third-order valence-corrected chi connectivity index (χ3v) is 5.10. The molecule has 120 valence electrons. The van der Waals surface area contributed by atoms with Crippen LogP contribution in [-0.2, 0) is 6.54 Å². The number of nitrogens with zero attached hydrogens (tertiary/aromatic N) is 1. The maximum atomic E-state index is 13.4. The molecule has 3 rings (SSSR count). The summed E-state index contributed by atoms with van der Waals surface area (Å²) in [7, 11) is 0. The first-order valence-electron chi connectivity index (χ1n) is 7.94. The third-order valence-electron chi connectivity index (χ3n) is 5.10. The second-order valence-electron chi connectivity index (χ2n) is 6.67. The topological polar surface area (TPSA) is 60.8 Å². The van der Waals surface area contributed by atoms with Crippen molar-refractivity contribution in [1.29, 1.82) is 0 Å². The molecule has 0 spiro atoms. The van der Waals surface area contributed by atoms with Gasteiger partial charge in [-0.2, -0.15) is 0 Å². The number of rotatable bonds is 3. The Kier molecular flexibility index (Phi) is 4.08. The van der Waals surface area contributed by atoms with E-state index in [0.29, 0.717) is 36.1 Å². The molecule has 1 heterocycles. The Balaban J connectivity index is 1.63. The summed E-state index contributed by atoms with van der Waals surface area (Å²) in [4.78, 5) is 14.1. The van der Waals surface area contributed by atoms with Crippen molar-refractivity contribution in [2.75, 3.05) is 6.54 Å². The fraction of sp³-hybridized carbons (Fsp3) is 0.588. The van der Waals surface area contributed by atoms with Crippen LogP contribution in [0.1, 0.15) is 48.5 Å². The van der Waals surface area contributed by atoms with E-state index in [-0.39, 0.29) is 12.0 Å². The van der Waals surface area contributed by atoms with Crippen LogP contribution in [-0.4, -0.2) is 33.7 Å². The lowest BCUT2D eigenvalue weighted by Crippen LogP contribution is -2.33. The van der Waals surface area contributed by atoms with Gasteiger partial charge in [0.25, 0.3) is 5.91 Å². The number of benzene rings is 1. The van der Waals surface area contributed by atoms with Crippen LogP contribution in [0, 0.1) is 17.7 Å². The summed E-state index contributed by atoms with van der Waals surface area (Å²) < 4.78 is 13.4. The molecule has 1 aromatic rings. The molecule has 0 saturated heterocycles. The Morgan fingerprint density at radius 1 is 1.32 bits per heavy atom. The summed E-state index contributed by atoms with van der Waals surface area (Å²) in [6, 6.07) is 2.49. The number of carbonyl (C=O) groups excluding carboxylic acids is 1. The average molecular weight is 307 g/mol. The highest BCUT2D eigenvalue weighted by molar-refractivity contribution is 5.98. The molecule has 2 aliphatic rings. The zero-order valence-electron chi connectivity index (χ0n) is 12.8. The Morgan fingerprint density at radius 3 is 2.64 bits per heavy atom. The van der Waals surface area contributed by atoms with E-state index in [4.69, 9.17) is 0 Å². The molecule has 1 unspecified atom stereocenters. The molecule has 1 fully saturated rings. The highest BCUT2D eigenvalue weighted by atomic mass is 19.1. The van der Waals surface area contributed by atoms with Crippen molar-refractivity contribution in [2.45, 2.75) is 45.3 Å². The van der Waals surface area contributed by atoms with Crippen LogP contribution in [0.25, 0.3) is 0 Å². The van der Waals surface area contributed by atoms with Crippen LogP contribution in [0.5, 0.6) is 5.75 Å². The molecular formula is C17H22FNO3. The fourth-order valence-electron chi connectivity index (χ4n) is 3.69. The predicted octanol–water partition coefficient (Wildman–Crippen LogP) is 2.67. The second-order valence-corrected chi connectivity index (χ2v) is 6.67. The van der Waals surface area contributed by atoms with Gasteiger partial charge in [0.1, 0.15) is 0 Å². The number of phenols is 1. The molecule has 4 nitrogen and oxygen atoms in total. The van der Waals surface area contributed by atoms with Crippen LogP contribution < -0.4 is 0 Å². The fourth-order valence-corrected chi connectivity index (χ4v) is 3.69. The van der Waals surface area contributed by atoms with E-state index < -0.39 is 11.6 Å². The van der Waals surface area contributed by atoms with Crippen LogP contribution in [0.4, 0.5) is 4.39 Å². The van der Waals surface area contributed by atoms with Gasteiger partial charge in [-0.1, -0.05) is 0 Å². The van der Waals surface area contributed by atoms with Crippen molar-refractivity contribution in [1.82, 2.24) is 4.90 Å². The number of amides is 1. The predicted molar refractivity (Wildman–Crippen MR) is 79.9 cm³/mol. The monoisotopic (exact) mass is 307 g/mol. The number of hydrogen-bond acceptors (Lipinski definition) is 3. The highest BCUT2D eigenvalue weighted by Crippen LogP contribution is 2.34. The normalized spacial score (nSPS) is 26.1. The van der Waals surface area contributed by atoms with Gasteiger partial charge in [-0.25, -0.2) is 4.39 Å². The summed E-state index contributed by atoms with van der Waals surface area (Å²) in [5.74, 6) is -0.458. The minimum absolute atomic E-state index is 0.122. The lowest BCUT2D eigenvalue weighted by atomic mass is 9.79. The molecule has 1 aliphatic carbocycles. The van der Waals surface area contributed by atoms with Crippen molar-refractivity contribution in [3.8, 4) is 5.75 Å².